The van der Waals surface area contributed by atoms with E-state index >= 15 is 0 Å². The van der Waals surface area contributed by atoms with Gasteiger partial charge in [-0.3, -0.25) is 4.79 Å². The first kappa shape index (κ1) is 10.4. The molecule has 1 amide bonds. The van der Waals surface area contributed by atoms with Gasteiger partial charge in [0.25, 0.3) is 5.91 Å². The van der Waals surface area contributed by atoms with Gasteiger partial charge in [-0.05, 0) is 37.8 Å². The van der Waals surface area contributed by atoms with Gasteiger partial charge in [0.15, 0.2) is 0 Å². The van der Waals surface area contributed by atoms with E-state index in [1.54, 1.807) is 12.1 Å². The van der Waals surface area contributed by atoms with E-state index in [2.05, 4.69) is 10.3 Å². The maximum absolute atomic E-state index is 11.7. The van der Waals surface area contributed by atoms with E-state index in [9.17, 15) is 4.79 Å². The lowest BCUT2D eigenvalue weighted by Gasteiger charge is -2.05. The molecule has 0 atom stereocenters. The van der Waals surface area contributed by atoms with Gasteiger partial charge >= 0.3 is 0 Å². The quantitative estimate of drug-likeness (QED) is 0.800. The number of pyridine rings is 1. The Hall–Kier alpha value is -1.09. The van der Waals surface area contributed by atoms with Crippen molar-refractivity contribution >= 4 is 17.5 Å². The molecule has 0 bridgehead atoms. The Morgan fingerprint density at radius 1 is 1.60 bits per heavy atom. The molecule has 1 saturated carbocycles. The molecule has 1 aromatic rings. The Kier molecular flexibility index (Phi) is 2.91. The minimum Gasteiger partial charge on any atom is -0.352 e. The first-order chi connectivity index (χ1) is 7.16. The predicted molar refractivity (Wildman–Crippen MR) is 59.0 cm³/mol. The van der Waals surface area contributed by atoms with Gasteiger partial charge in [0, 0.05) is 12.2 Å². The zero-order valence-electron chi connectivity index (χ0n) is 8.59. The smallest absolute Gasteiger partial charge is 0.254 e. The summed E-state index contributed by atoms with van der Waals surface area (Å²) in [7, 11) is 0. The highest BCUT2D eigenvalue weighted by atomic mass is 35.5. The molecule has 0 aromatic carbocycles. The average molecular weight is 225 g/mol. The molecule has 4 heteroatoms. The molecule has 2 rings (SSSR count). The lowest BCUT2D eigenvalue weighted by Crippen LogP contribution is -2.26. The Morgan fingerprint density at radius 2 is 2.33 bits per heavy atom. The van der Waals surface area contributed by atoms with Gasteiger partial charge in [-0.15, -0.1) is 0 Å². The number of nitrogens with one attached hydrogen (secondary N) is 1. The van der Waals surface area contributed by atoms with Gasteiger partial charge in [-0.2, -0.15) is 0 Å². The third-order valence-corrected chi connectivity index (χ3v) is 2.77. The SMILES string of the molecule is Cc1ccc(C(=O)NCC2CC2)c(Cl)n1. The van der Waals surface area contributed by atoms with E-state index < -0.39 is 0 Å². The molecule has 1 aliphatic carbocycles. The second-order valence-corrected chi connectivity index (χ2v) is 4.30. The maximum Gasteiger partial charge on any atom is 0.254 e. The standard InChI is InChI=1S/C11H13ClN2O/c1-7-2-5-9(10(12)14-7)11(15)13-6-8-3-4-8/h2,5,8H,3-4,6H2,1H3,(H,13,15). The fourth-order valence-electron chi connectivity index (χ4n) is 1.35. The van der Waals surface area contributed by atoms with Crippen LogP contribution in [0.1, 0.15) is 28.9 Å². The van der Waals surface area contributed by atoms with Crippen molar-refractivity contribution < 1.29 is 4.79 Å². The molecule has 1 N–H and O–H groups in total. The van der Waals surface area contributed by atoms with Crippen LogP contribution in [0.3, 0.4) is 0 Å². The molecule has 1 heterocycles. The monoisotopic (exact) mass is 224 g/mol. The largest absolute Gasteiger partial charge is 0.352 e. The normalized spacial score (nSPS) is 15.1. The van der Waals surface area contributed by atoms with Crippen LogP contribution in [0.5, 0.6) is 0 Å². The predicted octanol–water partition coefficient (Wildman–Crippen LogP) is 2.18. The maximum atomic E-state index is 11.7. The summed E-state index contributed by atoms with van der Waals surface area (Å²) < 4.78 is 0. The Balaban J connectivity index is 2.03. The van der Waals surface area contributed by atoms with Gasteiger partial charge in [0.05, 0.1) is 5.56 Å². The molecular weight excluding hydrogens is 212 g/mol. The molecule has 1 fully saturated rings. The van der Waals surface area contributed by atoms with Crippen LogP contribution in [0, 0.1) is 12.8 Å². The first-order valence-electron chi connectivity index (χ1n) is 5.08. The van der Waals surface area contributed by atoms with Crippen LogP contribution in [0.4, 0.5) is 0 Å². The second kappa shape index (κ2) is 4.19. The molecule has 0 aliphatic heterocycles. The highest BCUT2D eigenvalue weighted by molar-refractivity contribution is 6.32. The first-order valence-corrected chi connectivity index (χ1v) is 5.46. The van der Waals surface area contributed by atoms with Gasteiger partial charge in [-0.25, -0.2) is 4.98 Å². The van der Waals surface area contributed by atoms with Gasteiger partial charge < -0.3 is 5.32 Å². The van der Waals surface area contributed by atoms with E-state index in [-0.39, 0.29) is 11.1 Å². The molecule has 0 radical (unpaired) electrons. The number of nitrogens with zero attached hydrogens (tertiary/aromatic N) is 1. The molecule has 1 aromatic heterocycles. The third-order valence-electron chi connectivity index (χ3n) is 2.48. The summed E-state index contributed by atoms with van der Waals surface area (Å²) in [4.78, 5) is 15.7. The Morgan fingerprint density at radius 3 is 2.93 bits per heavy atom. The van der Waals surface area contributed by atoms with Crippen molar-refractivity contribution in [2.24, 2.45) is 5.92 Å². The van der Waals surface area contributed by atoms with Crippen molar-refractivity contribution in [1.29, 1.82) is 0 Å². The molecule has 80 valence electrons. The summed E-state index contributed by atoms with van der Waals surface area (Å²) in [6, 6.07) is 3.50. The minimum atomic E-state index is -0.126. The summed E-state index contributed by atoms with van der Waals surface area (Å²) in [6.45, 7) is 2.60. The summed E-state index contributed by atoms with van der Waals surface area (Å²) in [6.07, 6.45) is 2.44. The summed E-state index contributed by atoms with van der Waals surface area (Å²) in [5.74, 6) is 0.547. The number of hydrogen-bond acceptors (Lipinski definition) is 2. The van der Waals surface area contributed by atoms with Crippen molar-refractivity contribution in [2.45, 2.75) is 19.8 Å². The number of carbonyl (C=O) groups excluding carboxylic acids is 1. The number of rotatable bonds is 3. The van der Waals surface area contributed by atoms with Gasteiger partial charge in [-0.1, -0.05) is 11.6 Å². The number of carbonyl (C=O) groups is 1. The molecule has 15 heavy (non-hydrogen) atoms. The number of aryl methyl sites for hydroxylation is 1. The van der Waals surface area contributed by atoms with Crippen LogP contribution < -0.4 is 5.32 Å². The topological polar surface area (TPSA) is 42.0 Å². The molecule has 1 aliphatic rings. The Labute approximate surface area is 93.8 Å². The zero-order valence-corrected chi connectivity index (χ0v) is 9.34. The lowest BCUT2D eigenvalue weighted by atomic mass is 10.2. The fourth-order valence-corrected chi connectivity index (χ4v) is 1.63. The zero-order chi connectivity index (χ0) is 10.8. The fraction of sp³-hybridized carbons (Fsp3) is 0.455. The van der Waals surface area contributed by atoms with Crippen LogP contribution in [0.15, 0.2) is 12.1 Å². The number of aromatic nitrogens is 1. The molecule has 0 unspecified atom stereocenters. The van der Waals surface area contributed by atoms with Gasteiger partial charge in [0.1, 0.15) is 5.15 Å². The average Bonchev–Trinajstić information content (AvgIpc) is 2.97. The van der Waals surface area contributed by atoms with Crippen molar-refractivity contribution in [3.05, 3.63) is 28.5 Å². The van der Waals surface area contributed by atoms with Gasteiger partial charge in [0.2, 0.25) is 0 Å². The van der Waals surface area contributed by atoms with E-state index in [0.717, 1.165) is 12.2 Å². The van der Waals surface area contributed by atoms with Crippen molar-refractivity contribution in [2.75, 3.05) is 6.54 Å². The molecule has 0 saturated heterocycles. The second-order valence-electron chi connectivity index (χ2n) is 3.94. The van der Waals surface area contributed by atoms with E-state index in [1.807, 2.05) is 6.92 Å². The van der Waals surface area contributed by atoms with Crippen LogP contribution >= 0.6 is 11.6 Å². The molecule has 3 nitrogen and oxygen atoms in total. The van der Waals surface area contributed by atoms with Crippen LogP contribution in [-0.4, -0.2) is 17.4 Å². The van der Waals surface area contributed by atoms with Crippen molar-refractivity contribution in [3.63, 3.8) is 0 Å². The number of amides is 1. The molecule has 0 spiro atoms. The highest BCUT2D eigenvalue weighted by Gasteiger charge is 2.22. The van der Waals surface area contributed by atoms with E-state index in [0.29, 0.717) is 11.5 Å². The van der Waals surface area contributed by atoms with Crippen LogP contribution in [0.2, 0.25) is 5.15 Å². The van der Waals surface area contributed by atoms with Crippen molar-refractivity contribution in [1.82, 2.24) is 10.3 Å². The summed E-state index contributed by atoms with van der Waals surface area (Å²) in [5, 5.41) is 3.14. The van der Waals surface area contributed by atoms with Crippen LogP contribution in [0.25, 0.3) is 0 Å². The van der Waals surface area contributed by atoms with Crippen molar-refractivity contribution in [3.8, 4) is 0 Å². The minimum absolute atomic E-state index is 0.126. The van der Waals surface area contributed by atoms with Crippen LogP contribution in [-0.2, 0) is 0 Å². The Bertz CT molecular complexity index is 388. The highest BCUT2D eigenvalue weighted by Crippen LogP contribution is 2.27. The lowest BCUT2D eigenvalue weighted by molar-refractivity contribution is 0.0951. The number of hydrogen-bond donors (Lipinski definition) is 1. The number of halogens is 1. The third kappa shape index (κ3) is 2.69. The summed E-state index contributed by atoms with van der Waals surface area (Å²) in [5.41, 5.74) is 1.28. The van der Waals surface area contributed by atoms with E-state index in [4.69, 9.17) is 11.6 Å². The molecular formula is C11H13ClN2O. The van der Waals surface area contributed by atoms with E-state index in [1.165, 1.54) is 12.8 Å². The summed E-state index contributed by atoms with van der Waals surface area (Å²) >= 11 is 5.88.